The van der Waals surface area contributed by atoms with Crippen LogP contribution in [-0.4, -0.2) is 5.11 Å². The Morgan fingerprint density at radius 3 is 2.82 bits per heavy atom. The van der Waals surface area contributed by atoms with E-state index in [9.17, 15) is 4.39 Å². The molecule has 0 saturated heterocycles. The molecule has 0 atom stereocenters. The molecule has 0 fully saturated rings. The van der Waals surface area contributed by atoms with Gasteiger partial charge in [0, 0.05) is 5.56 Å². The summed E-state index contributed by atoms with van der Waals surface area (Å²) in [7, 11) is 0. The summed E-state index contributed by atoms with van der Waals surface area (Å²) in [4.78, 5) is 0. The van der Waals surface area contributed by atoms with Crippen molar-refractivity contribution in [1.29, 1.82) is 0 Å². The number of hydrogen-bond donors (Lipinski definition) is 1. The van der Waals surface area contributed by atoms with Gasteiger partial charge in [0.1, 0.15) is 0 Å². The maximum atomic E-state index is 12.6. The van der Waals surface area contributed by atoms with Gasteiger partial charge in [-0.25, -0.2) is 4.39 Å². The first-order valence-electron chi connectivity index (χ1n) is 3.36. The summed E-state index contributed by atoms with van der Waals surface area (Å²) in [6.45, 7) is 1.81. The molecule has 0 aliphatic carbocycles. The van der Waals surface area contributed by atoms with Gasteiger partial charge in [0.15, 0.2) is 11.6 Å². The van der Waals surface area contributed by atoms with Gasteiger partial charge in [0.25, 0.3) is 0 Å². The third-order valence-corrected chi connectivity index (χ3v) is 1.36. The van der Waals surface area contributed by atoms with Gasteiger partial charge >= 0.3 is 0 Å². The van der Waals surface area contributed by atoms with Gasteiger partial charge in [-0.2, -0.15) is 0 Å². The summed E-state index contributed by atoms with van der Waals surface area (Å²) >= 11 is 0. The van der Waals surface area contributed by atoms with Crippen LogP contribution >= 0.6 is 0 Å². The lowest BCUT2D eigenvalue weighted by atomic mass is 10.2. The number of phenols is 1. The largest absolute Gasteiger partial charge is 0.504 e. The summed E-state index contributed by atoms with van der Waals surface area (Å²) in [6, 6.07) is 4.44. The fraction of sp³-hybridized carbons (Fsp3) is 0.111. The summed E-state index contributed by atoms with van der Waals surface area (Å²) in [5.41, 5.74) is 0.507. The third-order valence-electron chi connectivity index (χ3n) is 1.36. The van der Waals surface area contributed by atoms with Crippen molar-refractivity contribution in [2.45, 2.75) is 6.92 Å². The molecule has 1 nitrogen and oxygen atoms in total. The molecule has 0 amide bonds. The van der Waals surface area contributed by atoms with Crippen molar-refractivity contribution in [3.05, 3.63) is 35.7 Å². The quantitative estimate of drug-likeness (QED) is 0.655. The Kier molecular flexibility index (Phi) is 2.26. The van der Waals surface area contributed by atoms with E-state index in [0.29, 0.717) is 5.56 Å². The number of rotatable bonds is 1. The van der Waals surface area contributed by atoms with Crippen LogP contribution < -0.4 is 0 Å². The highest BCUT2D eigenvalue weighted by atomic mass is 19.1. The molecule has 1 aromatic carbocycles. The molecular formula is C9H9FO. The molecule has 0 aliphatic heterocycles. The Morgan fingerprint density at radius 2 is 2.18 bits per heavy atom. The average molecular weight is 152 g/mol. The molecule has 0 aliphatic rings. The minimum atomic E-state index is -0.583. The van der Waals surface area contributed by atoms with Gasteiger partial charge in [-0.15, -0.1) is 0 Å². The number of hydrogen-bond acceptors (Lipinski definition) is 1. The van der Waals surface area contributed by atoms with Gasteiger partial charge in [-0.1, -0.05) is 24.3 Å². The minimum Gasteiger partial charge on any atom is -0.504 e. The second-order valence-corrected chi connectivity index (χ2v) is 2.18. The molecule has 0 aromatic heterocycles. The molecule has 0 saturated carbocycles. The average Bonchev–Trinajstić information content (AvgIpc) is 1.99. The fourth-order valence-corrected chi connectivity index (χ4v) is 0.846. The molecular weight excluding hydrogens is 143 g/mol. The number of allylic oxidation sites excluding steroid dienone is 1. The van der Waals surface area contributed by atoms with Crippen LogP contribution in [0.4, 0.5) is 4.39 Å². The van der Waals surface area contributed by atoms with Crippen molar-refractivity contribution in [2.24, 2.45) is 0 Å². The predicted octanol–water partition coefficient (Wildman–Crippen LogP) is 2.56. The molecule has 11 heavy (non-hydrogen) atoms. The van der Waals surface area contributed by atoms with E-state index in [4.69, 9.17) is 5.11 Å². The van der Waals surface area contributed by atoms with Crippen molar-refractivity contribution in [1.82, 2.24) is 0 Å². The Morgan fingerprint density at radius 1 is 1.45 bits per heavy atom. The summed E-state index contributed by atoms with van der Waals surface area (Å²) in [5.74, 6) is -0.869. The van der Waals surface area contributed by atoms with E-state index in [0.717, 1.165) is 0 Å². The maximum Gasteiger partial charge on any atom is 0.165 e. The van der Waals surface area contributed by atoms with Crippen LogP contribution in [-0.2, 0) is 0 Å². The third kappa shape index (κ3) is 1.58. The number of phenolic OH excluding ortho intramolecular Hbond substituents is 1. The zero-order valence-electron chi connectivity index (χ0n) is 6.21. The highest BCUT2D eigenvalue weighted by Gasteiger charge is 2.01. The van der Waals surface area contributed by atoms with Gasteiger partial charge < -0.3 is 5.11 Å². The number of para-hydroxylation sites is 1. The van der Waals surface area contributed by atoms with Crippen molar-refractivity contribution >= 4 is 6.08 Å². The first-order chi connectivity index (χ1) is 5.25. The van der Waals surface area contributed by atoms with Crippen molar-refractivity contribution in [2.75, 3.05) is 0 Å². The van der Waals surface area contributed by atoms with E-state index in [1.54, 1.807) is 24.3 Å². The minimum absolute atomic E-state index is 0.286. The van der Waals surface area contributed by atoms with Crippen molar-refractivity contribution in [3.63, 3.8) is 0 Å². The normalized spacial score (nSPS) is 10.7. The van der Waals surface area contributed by atoms with E-state index < -0.39 is 5.82 Å². The molecule has 0 spiro atoms. The summed E-state index contributed by atoms with van der Waals surface area (Å²) in [5, 5.41) is 9.10. The van der Waals surface area contributed by atoms with Crippen LogP contribution in [0.15, 0.2) is 24.3 Å². The number of benzene rings is 1. The van der Waals surface area contributed by atoms with E-state index in [-0.39, 0.29) is 5.75 Å². The number of halogens is 1. The van der Waals surface area contributed by atoms with E-state index in [1.807, 2.05) is 6.92 Å². The van der Waals surface area contributed by atoms with Gasteiger partial charge in [-0.3, -0.25) is 0 Å². The first-order valence-corrected chi connectivity index (χ1v) is 3.36. The van der Waals surface area contributed by atoms with Crippen LogP contribution in [0.5, 0.6) is 5.75 Å². The molecule has 58 valence electrons. The zero-order valence-corrected chi connectivity index (χ0v) is 6.21. The Bertz CT molecular complexity index is 279. The lowest BCUT2D eigenvalue weighted by molar-refractivity contribution is 0.431. The molecule has 0 unspecified atom stereocenters. The lowest BCUT2D eigenvalue weighted by Gasteiger charge is -1.97. The monoisotopic (exact) mass is 152 g/mol. The second-order valence-electron chi connectivity index (χ2n) is 2.18. The molecule has 1 N–H and O–H groups in total. The highest BCUT2D eigenvalue weighted by molar-refractivity contribution is 5.56. The predicted molar refractivity (Wildman–Crippen MR) is 42.8 cm³/mol. The van der Waals surface area contributed by atoms with Crippen LogP contribution in [0.1, 0.15) is 12.5 Å². The van der Waals surface area contributed by atoms with Crippen LogP contribution in [0.25, 0.3) is 6.08 Å². The lowest BCUT2D eigenvalue weighted by Crippen LogP contribution is -1.78. The van der Waals surface area contributed by atoms with Crippen molar-refractivity contribution < 1.29 is 9.50 Å². The van der Waals surface area contributed by atoms with E-state index in [1.165, 1.54) is 6.07 Å². The molecule has 1 aromatic rings. The Hall–Kier alpha value is -1.31. The van der Waals surface area contributed by atoms with Crippen LogP contribution in [0, 0.1) is 5.82 Å². The summed E-state index contributed by atoms with van der Waals surface area (Å²) in [6.07, 6.45) is 3.40. The Balaban J connectivity index is 3.16. The van der Waals surface area contributed by atoms with Gasteiger partial charge in [0.2, 0.25) is 0 Å². The highest BCUT2D eigenvalue weighted by Crippen LogP contribution is 2.21. The van der Waals surface area contributed by atoms with Gasteiger partial charge in [-0.05, 0) is 13.0 Å². The standard InChI is InChI=1S/C9H9FO/c1-2-4-7-5-3-6-8(10)9(7)11/h2-6,11H,1H3. The molecule has 0 radical (unpaired) electrons. The second kappa shape index (κ2) is 3.19. The van der Waals surface area contributed by atoms with Crippen LogP contribution in [0.3, 0.4) is 0 Å². The SMILES string of the molecule is CC=Cc1cccc(F)c1O. The maximum absolute atomic E-state index is 12.6. The zero-order chi connectivity index (χ0) is 8.27. The first kappa shape index (κ1) is 7.79. The van der Waals surface area contributed by atoms with E-state index >= 15 is 0 Å². The van der Waals surface area contributed by atoms with Crippen molar-refractivity contribution in [3.8, 4) is 5.75 Å². The smallest absolute Gasteiger partial charge is 0.165 e. The molecule has 1 rings (SSSR count). The van der Waals surface area contributed by atoms with E-state index in [2.05, 4.69) is 0 Å². The van der Waals surface area contributed by atoms with Gasteiger partial charge in [0.05, 0.1) is 0 Å². The van der Waals surface area contributed by atoms with Crippen LogP contribution in [0.2, 0.25) is 0 Å². The summed E-state index contributed by atoms with van der Waals surface area (Å²) < 4.78 is 12.6. The molecule has 0 bridgehead atoms. The molecule has 0 heterocycles. The molecule has 2 heteroatoms. The Labute approximate surface area is 64.8 Å². The fourth-order valence-electron chi connectivity index (χ4n) is 0.846. The topological polar surface area (TPSA) is 20.2 Å². The number of aromatic hydroxyl groups is 1.